The minimum atomic E-state index is -0.000685. The summed E-state index contributed by atoms with van der Waals surface area (Å²) < 4.78 is 17.7. The maximum atomic E-state index is 6.08. The first kappa shape index (κ1) is 13.1. The van der Waals surface area contributed by atoms with E-state index < -0.39 is 0 Å². The lowest BCUT2D eigenvalue weighted by atomic mass is 10.1. The molecular weight excluding hydrogens is 290 g/mol. The van der Waals surface area contributed by atoms with Gasteiger partial charge in [0.05, 0.1) is 11.3 Å². The van der Waals surface area contributed by atoms with Crippen molar-refractivity contribution in [2.24, 2.45) is 5.73 Å². The molecule has 0 unspecified atom stereocenters. The molecule has 2 atom stereocenters. The number of fused-ring (bicyclic) bond motifs is 3. The fourth-order valence-corrected chi connectivity index (χ4v) is 3.59. The van der Waals surface area contributed by atoms with Gasteiger partial charge in [0, 0.05) is 18.7 Å². The largest absolute Gasteiger partial charge is 0.486 e. The molecule has 1 fully saturated rings. The average Bonchev–Trinajstić information content (AvgIpc) is 2.93. The Morgan fingerprint density at radius 3 is 3.05 bits per heavy atom. The van der Waals surface area contributed by atoms with Gasteiger partial charge in [-0.2, -0.15) is 0 Å². The molecule has 2 aliphatic rings. The fourth-order valence-electron chi connectivity index (χ4n) is 2.66. The van der Waals surface area contributed by atoms with E-state index in [1.165, 1.54) is 0 Å². The minimum absolute atomic E-state index is 0.000685. The molecule has 1 saturated heterocycles. The number of hydrogen-bond acceptors (Lipinski definition) is 7. The Morgan fingerprint density at radius 1 is 1.24 bits per heavy atom. The van der Waals surface area contributed by atoms with E-state index in [-0.39, 0.29) is 12.1 Å². The maximum absolute atomic E-state index is 6.08. The first-order valence-electron chi connectivity index (χ1n) is 7.10. The standard InChI is InChI=1S/C14H17N3O3S/c15-8-7-18-4-3-9(8)16-14-17-12-11(21-14)2-1-10-13(12)20-6-5-19-10/h1-2,8-9H,3-7,15H2,(H,16,17)/t8-,9+/m0/s1. The van der Waals surface area contributed by atoms with E-state index in [2.05, 4.69) is 10.3 Å². The molecule has 1 aromatic carbocycles. The molecular formula is C14H17N3O3S. The lowest BCUT2D eigenvalue weighted by molar-refractivity contribution is 0.0752. The molecule has 0 saturated carbocycles. The molecule has 112 valence electrons. The van der Waals surface area contributed by atoms with Gasteiger partial charge in [-0.15, -0.1) is 0 Å². The highest BCUT2D eigenvalue weighted by atomic mass is 32.1. The predicted molar refractivity (Wildman–Crippen MR) is 81.4 cm³/mol. The van der Waals surface area contributed by atoms with Crippen molar-refractivity contribution in [3.05, 3.63) is 12.1 Å². The third-order valence-electron chi connectivity index (χ3n) is 3.77. The van der Waals surface area contributed by atoms with Gasteiger partial charge in [0.1, 0.15) is 18.7 Å². The van der Waals surface area contributed by atoms with Gasteiger partial charge in [0.25, 0.3) is 0 Å². The van der Waals surface area contributed by atoms with E-state index in [0.717, 1.165) is 39.9 Å². The van der Waals surface area contributed by atoms with Gasteiger partial charge >= 0.3 is 0 Å². The van der Waals surface area contributed by atoms with Crippen LogP contribution in [0.25, 0.3) is 10.2 Å². The quantitative estimate of drug-likeness (QED) is 0.877. The van der Waals surface area contributed by atoms with Crippen LogP contribution in [0.5, 0.6) is 11.5 Å². The van der Waals surface area contributed by atoms with Gasteiger partial charge in [0.2, 0.25) is 0 Å². The molecule has 2 aliphatic heterocycles. The molecule has 4 rings (SSSR count). The van der Waals surface area contributed by atoms with Crippen molar-refractivity contribution < 1.29 is 14.2 Å². The second kappa shape index (κ2) is 5.32. The molecule has 0 amide bonds. The van der Waals surface area contributed by atoms with Crippen LogP contribution in [-0.2, 0) is 4.74 Å². The van der Waals surface area contributed by atoms with Crippen LogP contribution in [0.1, 0.15) is 6.42 Å². The Balaban J connectivity index is 1.64. The zero-order valence-corrected chi connectivity index (χ0v) is 12.3. The normalized spacial score (nSPS) is 25.0. The third-order valence-corrected chi connectivity index (χ3v) is 4.73. The predicted octanol–water partition coefficient (Wildman–Crippen LogP) is 1.60. The molecule has 6 nitrogen and oxygen atoms in total. The van der Waals surface area contributed by atoms with Gasteiger partial charge in [-0.3, -0.25) is 0 Å². The summed E-state index contributed by atoms with van der Waals surface area (Å²) in [5.74, 6) is 1.52. The summed E-state index contributed by atoms with van der Waals surface area (Å²) in [5.41, 5.74) is 6.94. The molecule has 0 spiro atoms. The van der Waals surface area contributed by atoms with Crippen molar-refractivity contribution in [2.75, 3.05) is 31.7 Å². The third kappa shape index (κ3) is 2.41. The molecule has 1 aromatic heterocycles. The van der Waals surface area contributed by atoms with Gasteiger partial charge in [-0.1, -0.05) is 11.3 Å². The first-order valence-corrected chi connectivity index (χ1v) is 7.92. The Hall–Kier alpha value is -1.57. The highest BCUT2D eigenvalue weighted by molar-refractivity contribution is 7.22. The second-order valence-electron chi connectivity index (χ2n) is 5.23. The molecule has 0 radical (unpaired) electrons. The monoisotopic (exact) mass is 307 g/mol. The van der Waals surface area contributed by atoms with E-state index in [9.17, 15) is 0 Å². The summed E-state index contributed by atoms with van der Waals surface area (Å²) in [6.07, 6.45) is 0.898. The van der Waals surface area contributed by atoms with Crippen LogP contribution in [-0.4, -0.2) is 43.5 Å². The van der Waals surface area contributed by atoms with E-state index in [1.807, 2.05) is 12.1 Å². The van der Waals surface area contributed by atoms with Crippen molar-refractivity contribution in [1.82, 2.24) is 4.98 Å². The number of aromatic nitrogens is 1. The van der Waals surface area contributed by atoms with Gasteiger partial charge < -0.3 is 25.3 Å². The summed E-state index contributed by atoms with van der Waals surface area (Å²) >= 11 is 1.61. The summed E-state index contributed by atoms with van der Waals surface area (Å²) in [6.45, 7) is 2.49. The first-order chi connectivity index (χ1) is 10.3. The second-order valence-corrected chi connectivity index (χ2v) is 6.26. The number of nitrogens with zero attached hydrogens (tertiary/aromatic N) is 1. The molecule has 7 heteroatoms. The van der Waals surface area contributed by atoms with Gasteiger partial charge in [-0.05, 0) is 18.6 Å². The fraction of sp³-hybridized carbons (Fsp3) is 0.500. The van der Waals surface area contributed by atoms with Crippen molar-refractivity contribution in [3.63, 3.8) is 0 Å². The Bertz CT molecular complexity index is 660. The molecule has 0 aliphatic carbocycles. The Kier molecular flexibility index (Phi) is 3.33. The van der Waals surface area contributed by atoms with E-state index in [1.54, 1.807) is 11.3 Å². The van der Waals surface area contributed by atoms with Crippen LogP contribution in [0.15, 0.2) is 12.1 Å². The molecule has 0 bridgehead atoms. The maximum Gasteiger partial charge on any atom is 0.188 e. The van der Waals surface area contributed by atoms with Crippen LogP contribution in [0.4, 0.5) is 5.13 Å². The summed E-state index contributed by atoms with van der Waals surface area (Å²) in [4.78, 5) is 4.66. The SMILES string of the molecule is N[C@H]1COCC[C@H]1Nc1nc2c3c(ccc2s1)OCCO3. The van der Waals surface area contributed by atoms with E-state index in [4.69, 9.17) is 19.9 Å². The number of thiazole rings is 1. The number of ether oxygens (including phenoxy) is 3. The van der Waals surface area contributed by atoms with Crippen molar-refractivity contribution >= 4 is 26.7 Å². The minimum Gasteiger partial charge on any atom is -0.486 e. The highest BCUT2D eigenvalue weighted by Crippen LogP contribution is 2.40. The molecule has 2 aromatic rings. The van der Waals surface area contributed by atoms with Crippen molar-refractivity contribution in [3.8, 4) is 11.5 Å². The number of anilines is 1. The van der Waals surface area contributed by atoms with Crippen molar-refractivity contribution in [2.45, 2.75) is 18.5 Å². The topological polar surface area (TPSA) is 78.6 Å². The Labute approximate surface area is 126 Å². The van der Waals surface area contributed by atoms with Crippen LogP contribution >= 0.6 is 11.3 Å². The lowest BCUT2D eigenvalue weighted by Crippen LogP contribution is -2.47. The number of rotatable bonds is 2. The van der Waals surface area contributed by atoms with E-state index >= 15 is 0 Å². The summed E-state index contributed by atoms with van der Waals surface area (Å²) in [6, 6.07) is 4.17. The summed E-state index contributed by atoms with van der Waals surface area (Å²) in [7, 11) is 0. The van der Waals surface area contributed by atoms with Gasteiger partial charge in [-0.25, -0.2) is 4.98 Å². The molecule has 3 heterocycles. The number of benzene rings is 1. The zero-order chi connectivity index (χ0) is 14.2. The average molecular weight is 307 g/mol. The highest BCUT2D eigenvalue weighted by Gasteiger charge is 2.24. The summed E-state index contributed by atoms with van der Waals surface area (Å²) in [5, 5.41) is 4.30. The Morgan fingerprint density at radius 2 is 2.14 bits per heavy atom. The molecule has 3 N–H and O–H groups in total. The van der Waals surface area contributed by atoms with E-state index in [0.29, 0.717) is 19.8 Å². The number of nitrogens with two attached hydrogens (primary N) is 1. The number of nitrogens with one attached hydrogen (secondary N) is 1. The molecule has 21 heavy (non-hydrogen) atoms. The zero-order valence-electron chi connectivity index (χ0n) is 11.5. The van der Waals surface area contributed by atoms with Crippen LogP contribution in [0, 0.1) is 0 Å². The van der Waals surface area contributed by atoms with Crippen molar-refractivity contribution in [1.29, 1.82) is 0 Å². The van der Waals surface area contributed by atoms with Crippen LogP contribution in [0.3, 0.4) is 0 Å². The van der Waals surface area contributed by atoms with Crippen LogP contribution in [0.2, 0.25) is 0 Å². The van der Waals surface area contributed by atoms with Crippen LogP contribution < -0.4 is 20.5 Å². The number of hydrogen-bond donors (Lipinski definition) is 2. The smallest absolute Gasteiger partial charge is 0.188 e. The lowest BCUT2D eigenvalue weighted by Gasteiger charge is -2.29. The van der Waals surface area contributed by atoms with Gasteiger partial charge in [0.15, 0.2) is 16.6 Å².